The minimum absolute atomic E-state index is 0.378. The standard InChI is InChI=1S/C11H13NO2/c1-7-2-4-9-8(6-7)3-5-10(14-9)11(12)13/h2,4,6,10H,3,5H2,1H3,(H2,12,13)/t10-/m1/s1. The Kier molecular flexibility index (Phi) is 2.15. The van der Waals surface area contributed by atoms with Gasteiger partial charge in [0.2, 0.25) is 0 Å². The summed E-state index contributed by atoms with van der Waals surface area (Å²) >= 11 is 0. The molecule has 0 saturated heterocycles. The van der Waals surface area contributed by atoms with Gasteiger partial charge >= 0.3 is 0 Å². The third kappa shape index (κ3) is 1.58. The zero-order valence-electron chi connectivity index (χ0n) is 8.12. The van der Waals surface area contributed by atoms with E-state index in [4.69, 9.17) is 10.5 Å². The highest BCUT2D eigenvalue weighted by Crippen LogP contribution is 2.28. The lowest BCUT2D eigenvalue weighted by Crippen LogP contribution is -2.36. The molecule has 2 rings (SSSR count). The summed E-state index contributed by atoms with van der Waals surface area (Å²) in [5.74, 6) is 0.418. The fraction of sp³-hybridized carbons (Fsp3) is 0.364. The Balaban J connectivity index is 2.27. The number of hydrogen-bond donors (Lipinski definition) is 1. The molecular formula is C11H13NO2. The van der Waals surface area contributed by atoms with Crippen LogP contribution in [0.5, 0.6) is 5.75 Å². The SMILES string of the molecule is Cc1ccc2c(c1)CC[C@H](C(N)=O)O2. The summed E-state index contributed by atoms with van der Waals surface area (Å²) in [7, 11) is 0. The molecule has 74 valence electrons. The van der Waals surface area contributed by atoms with E-state index in [1.54, 1.807) is 0 Å². The number of carbonyl (C=O) groups is 1. The molecule has 3 nitrogen and oxygen atoms in total. The summed E-state index contributed by atoms with van der Waals surface area (Å²) in [6.45, 7) is 2.04. The summed E-state index contributed by atoms with van der Waals surface area (Å²) in [6, 6.07) is 5.97. The average Bonchev–Trinajstić information content (AvgIpc) is 2.16. The first-order chi connectivity index (χ1) is 6.66. The highest BCUT2D eigenvalue weighted by Gasteiger charge is 2.23. The summed E-state index contributed by atoms with van der Waals surface area (Å²) in [5.41, 5.74) is 7.57. The zero-order chi connectivity index (χ0) is 10.1. The minimum atomic E-state index is -0.454. The number of ether oxygens (including phenoxy) is 1. The van der Waals surface area contributed by atoms with Crippen LogP contribution in [0.25, 0.3) is 0 Å². The second kappa shape index (κ2) is 3.33. The van der Waals surface area contributed by atoms with Crippen LogP contribution in [-0.2, 0) is 11.2 Å². The van der Waals surface area contributed by atoms with Crippen molar-refractivity contribution in [3.05, 3.63) is 29.3 Å². The quantitative estimate of drug-likeness (QED) is 0.724. The molecule has 1 atom stereocenters. The van der Waals surface area contributed by atoms with E-state index < -0.39 is 6.10 Å². The molecule has 1 heterocycles. The molecule has 3 heteroatoms. The van der Waals surface area contributed by atoms with Gasteiger partial charge in [-0.3, -0.25) is 4.79 Å². The lowest BCUT2D eigenvalue weighted by Gasteiger charge is -2.23. The molecule has 0 saturated carbocycles. The normalized spacial score (nSPS) is 19.6. The van der Waals surface area contributed by atoms with Gasteiger partial charge in [0.25, 0.3) is 5.91 Å². The highest BCUT2D eigenvalue weighted by molar-refractivity contribution is 5.79. The molecule has 1 aliphatic rings. The number of aryl methyl sites for hydroxylation is 2. The predicted octanol–water partition coefficient (Wildman–Crippen LogP) is 1.17. The molecule has 1 aromatic carbocycles. The van der Waals surface area contributed by atoms with Crippen molar-refractivity contribution < 1.29 is 9.53 Å². The maximum atomic E-state index is 10.9. The van der Waals surface area contributed by atoms with E-state index in [9.17, 15) is 4.79 Å². The van der Waals surface area contributed by atoms with Crippen LogP contribution < -0.4 is 10.5 Å². The summed E-state index contributed by atoms with van der Waals surface area (Å²) in [4.78, 5) is 10.9. The van der Waals surface area contributed by atoms with Crippen molar-refractivity contribution in [3.8, 4) is 5.75 Å². The van der Waals surface area contributed by atoms with Crippen LogP contribution in [-0.4, -0.2) is 12.0 Å². The van der Waals surface area contributed by atoms with Crippen molar-refractivity contribution in [1.82, 2.24) is 0 Å². The average molecular weight is 191 g/mol. The monoisotopic (exact) mass is 191 g/mol. The Bertz CT molecular complexity index is 374. The topological polar surface area (TPSA) is 52.3 Å². The van der Waals surface area contributed by atoms with Crippen LogP contribution in [0.2, 0.25) is 0 Å². The Morgan fingerprint density at radius 2 is 2.36 bits per heavy atom. The minimum Gasteiger partial charge on any atom is -0.480 e. The van der Waals surface area contributed by atoms with Gasteiger partial charge in [-0.05, 0) is 31.4 Å². The number of nitrogens with two attached hydrogens (primary N) is 1. The van der Waals surface area contributed by atoms with Gasteiger partial charge in [-0.1, -0.05) is 17.7 Å². The fourth-order valence-corrected chi connectivity index (χ4v) is 1.72. The molecule has 0 aromatic heterocycles. The highest BCUT2D eigenvalue weighted by atomic mass is 16.5. The van der Waals surface area contributed by atoms with Gasteiger partial charge in [-0.25, -0.2) is 0 Å². The first-order valence-corrected chi connectivity index (χ1v) is 4.72. The maximum Gasteiger partial charge on any atom is 0.258 e. The molecule has 1 aromatic rings. The Morgan fingerprint density at radius 3 is 3.07 bits per heavy atom. The van der Waals surface area contributed by atoms with Gasteiger partial charge in [-0.15, -0.1) is 0 Å². The summed E-state index contributed by atoms with van der Waals surface area (Å²) in [6.07, 6.45) is 1.10. The summed E-state index contributed by atoms with van der Waals surface area (Å²) in [5, 5.41) is 0. The zero-order valence-corrected chi connectivity index (χ0v) is 8.12. The molecule has 0 radical (unpaired) electrons. The number of carbonyl (C=O) groups excluding carboxylic acids is 1. The van der Waals surface area contributed by atoms with Gasteiger partial charge < -0.3 is 10.5 Å². The number of hydrogen-bond acceptors (Lipinski definition) is 2. The number of benzene rings is 1. The Morgan fingerprint density at radius 1 is 1.57 bits per heavy atom. The third-order valence-electron chi connectivity index (χ3n) is 2.48. The van der Waals surface area contributed by atoms with E-state index in [0.29, 0.717) is 6.42 Å². The van der Waals surface area contributed by atoms with E-state index in [2.05, 4.69) is 6.07 Å². The molecular weight excluding hydrogens is 178 g/mol. The second-order valence-corrected chi connectivity index (χ2v) is 3.66. The Labute approximate surface area is 82.9 Å². The fourth-order valence-electron chi connectivity index (χ4n) is 1.72. The van der Waals surface area contributed by atoms with Crippen LogP contribution in [0.4, 0.5) is 0 Å². The summed E-state index contributed by atoms with van der Waals surface area (Å²) < 4.78 is 5.47. The van der Waals surface area contributed by atoms with Gasteiger partial charge in [0, 0.05) is 0 Å². The van der Waals surface area contributed by atoms with E-state index in [1.165, 1.54) is 11.1 Å². The molecule has 2 N–H and O–H groups in total. The van der Waals surface area contributed by atoms with Crippen molar-refractivity contribution in [3.63, 3.8) is 0 Å². The number of primary amides is 1. The molecule has 1 amide bonds. The van der Waals surface area contributed by atoms with Crippen LogP contribution in [0, 0.1) is 6.92 Å². The molecule has 0 spiro atoms. The van der Waals surface area contributed by atoms with Crippen molar-refractivity contribution in [2.45, 2.75) is 25.9 Å². The van der Waals surface area contributed by atoms with Crippen LogP contribution in [0.15, 0.2) is 18.2 Å². The molecule has 0 unspecified atom stereocenters. The molecule has 1 aliphatic heterocycles. The van der Waals surface area contributed by atoms with Crippen molar-refractivity contribution in [1.29, 1.82) is 0 Å². The van der Waals surface area contributed by atoms with Crippen molar-refractivity contribution in [2.24, 2.45) is 5.73 Å². The van der Waals surface area contributed by atoms with Gasteiger partial charge in [-0.2, -0.15) is 0 Å². The van der Waals surface area contributed by atoms with E-state index in [1.807, 2.05) is 19.1 Å². The number of amides is 1. The van der Waals surface area contributed by atoms with Crippen molar-refractivity contribution in [2.75, 3.05) is 0 Å². The second-order valence-electron chi connectivity index (χ2n) is 3.66. The lowest BCUT2D eigenvalue weighted by molar-refractivity contribution is -0.125. The third-order valence-corrected chi connectivity index (χ3v) is 2.48. The number of fused-ring (bicyclic) bond motifs is 1. The van der Waals surface area contributed by atoms with Crippen LogP contribution in [0.1, 0.15) is 17.5 Å². The van der Waals surface area contributed by atoms with Crippen LogP contribution >= 0.6 is 0 Å². The largest absolute Gasteiger partial charge is 0.480 e. The molecule has 0 bridgehead atoms. The van der Waals surface area contributed by atoms with E-state index in [0.717, 1.165) is 12.2 Å². The molecule has 14 heavy (non-hydrogen) atoms. The smallest absolute Gasteiger partial charge is 0.258 e. The Hall–Kier alpha value is -1.51. The first-order valence-electron chi connectivity index (χ1n) is 4.72. The van der Waals surface area contributed by atoms with Crippen molar-refractivity contribution >= 4 is 5.91 Å². The van der Waals surface area contributed by atoms with E-state index >= 15 is 0 Å². The molecule has 0 aliphatic carbocycles. The van der Waals surface area contributed by atoms with Gasteiger partial charge in [0.15, 0.2) is 6.10 Å². The van der Waals surface area contributed by atoms with Gasteiger partial charge in [0.1, 0.15) is 5.75 Å². The first kappa shape index (κ1) is 9.06. The number of rotatable bonds is 1. The maximum absolute atomic E-state index is 10.9. The predicted molar refractivity (Wildman–Crippen MR) is 53.1 cm³/mol. The molecule has 0 fully saturated rings. The van der Waals surface area contributed by atoms with E-state index in [-0.39, 0.29) is 5.91 Å². The van der Waals surface area contributed by atoms with Crippen LogP contribution in [0.3, 0.4) is 0 Å². The van der Waals surface area contributed by atoms with Gasteiger partial charge in [0.05, 0.1) is 0 Å². The lowest BCUT2D eigenvalue weighted by atomic mass is 10.0.